The van der Waals surface area contributed by atoms with E-state index in [0.29, 0.717) is 5.92 Å². The number of nitrogens with zero attached hydrogens (tertiary/aromatic N) is 2. The highest BCUT2D eigenvalue weighted by atomic mass is 14.3. The number of nitriles is 2. The molecule has 0 aliphatic rings. The van der Waals surface area contributed by atoms with Gasteiger partial charge in [-0.05, 0) is 18.8 Å². The van der Waals surface area contributed by atoms with E-state index in [1.807, 2.05) is 12.1 Å². The van der Waals surface area contributed by atoms with Gasteiger partial charge in [0.15, 0.2) is 0 Å². The Morgan fingerprint density at radius 1 is 1.31 bits per heavy atom. The SMILES string of the molecule is CCCCC(C=C(C#N)C#N)CC. The van der Waals surface area contributed by atoms with E-state index in [4.69, 9.17) is 10.5 Å². The fourth-order valence-electron chi connectivity index (χ4n) is 1.21. The van der Waals surface area contributed by atoms with Crippen LogP contribution in [0.3, 0.4) is 0 Å². The molecule has 70 valence electrons. The molecule has 2 nitrogen and oxygen atoms in total. The summed E-state index contributed by atoms with van der Waals surface area (Å²) in [6, 6.07) is 3.79. The highest BCUT2D eigenvalue weighted by Crippen LogP contribution is 2.15. The monoisotopic (exact) mass is 176 g/mol. The maximum absolute atomic E-state index is 8.56. The molecule has 0 saturated carbocycles. The van der Waals surface area contributed by atoms with Gasteiger partial charge in [-0.15, -0.1) is 0 Å². The third-order valence-electron chi connectivity index (χ3n) is 2.10. The molecule has 0 aliphatic carbocycles. The Hall–Kier alpha value is -1.28. The average Bonchev–Trinajstić information content (AvgIpc) is 2.19. The molecule has 2 heteroatoms. The van der Waals surface area contributed by atoms with E-state index < -0.39 is 0 Å². The second-order valence-corrected chi connectivity index (χ2v) is 3.11. The molecule has 0 saturated heterocycles. The molecule has 0 aromatic carbocycles. The highest BCUT2D eigenvalue weighted by molar-refractivity contribution is 5.35. The lowest BCUT2D eigenvalue weighted by Crippen LogP contribution is -1.95. The predicted octanol–water partition coefficient (Wildman–Crippen LogP) is 3.18. The lowest BCUT2D eigenvalue weighted by molar-refractivity contribution is 0.539. The molecule has 0 radical (unpaired) electrons. The average molecular weight is 176 g/mol. The first-order valence-corrected chi connectivity index (χ1v) is 4.80. The van der Waals surface area contributed by atoms with Crippen molar-refractivity contribution in [2.24, 2.45) is 5.92 Å². The summed E-state index contributed by atoms with van der Waals surface area (Å²) in [5.41, 5.74) is 0.253. The molecule has 0 aromatic heterocycles. The van der Waals surface area contributed by atoms with Crippen LogP contribution >= 0.6 is 0 Å². The zero-order chi connectivity index (χ0) is 10.1. The van der Waals surface area contributed by atoms with Crippen LogP contribution in [0.2, 0.25) is 0 Å². The van der Waals surface area contributed by atoms with Crippen molar-refractivity contribution in [2.45, 2.75) is 39.5 Å². The van der Waals surface area contributed by atoms with Crippen LogP contribution in [-0.2, 0) is 0 Å². The Labute approximate surface area is 80.5 Å². The molecule has 0 fully saturated rings. The topological polar surface area (TPSA) is 47.6 Å². The molecule has 0 N–H and O–H groups in total. The smallest absolute Gasteiger partial charge is 0.125 e. The molecule has 13 heavy (non-hydrogen) atoms. The first-order valence-electron chi connectivity index (χ1n) is 4.80. The lowest BCUT2D eigenvalue weighted by atomic mass is 9.97. The molecular weight excluding hydrogens is 160 g/mol. The van der Waals surface area contributed by atoms with Gasteiger partial charge in [0.1, 0.15) is 17.7 Å². The molecule has 0 spiro atoms. The summed E-state index contributed by atoms with van der Waals surface area (Å²) in [4.78, 5) is 0. The van der Waals surface area contributed by atoms with E-state index in [-0.39, 0.29) is 5.57 Å². The summed E-state index contributed by atoms with van der Waals surface area (Å²) < 4.78 is 0. The van der Waals surface area contributed by atoms with Crippen LogP contribution in [0.25, 0.3) is 0 Å². The van der Waals surface area contributed by atoms with Crippen LogP contribution in [-0.4, -0.2) is 0 Å². The number of hydrogen-bond acceptors (Lipinski definition) is 2. The Kier molecular flexibility index (Phi) is 6.65. The molecule has 1 atom stereocenters. The minimum atomic E-state index is 0.253. The van der Waals surface area contributed by atoms with E-state index >= 15 is 0 Å². The summed E-state index contributed by atoms with van der Waals surface area (Å²) in [6.45, 7) is 4.23. The Morgan fingerprint density at radius 3 is 2.31 bits per heavy atom. The van der Waals surface area contributed by atoms with Gasteiger partial charge in [-0.3, -0.25) is 0 Å². The minimum absolute atomic E-state index is 0.253. The van der Waals surface area contributed by atoms with E-state index in [1.165, 1.54) is 12.8 Å². The van der Waals surface area contributed by atoms with Crippen molar-refractivity contribution in [3.05, 3.63) is 11.6 Å². The van der Waals surface area contributed by atoms with Gasteiger partial charge in [-0.2, -0.15) is 10.5 Å². The molecule has 0 heterocycles. The Bertz CT molecular complexity index is 224. The molecule has 0 bridgehead atoms. The van der Waals surface area contributed by atoms with Crippen LogP contribution in [0, 0.1) is 28.6 Å². The van der Waals surface area contributed by atoms with Crippen LogP contribution in [0.15, 0.2) is 11.6 Å². The van der Waals surface area contributed by atoms with Crippen molar-refractivity contribution in [3.8, 4) is 12.1 Å². The number of allylic oxidation sites excluding steroid dienone is 2. The minimum Gasteiger partial charge on any atom is -0.192 e. The number of rotatable bonds is 5. The van der Waals surface area contributed by atoms with Crippen molar-refractivity contribution < 1.29 is 0 Å². The summed E-state index contributed by atoms with van der Waals surface area (Å²) >= 11 is 0. The zero-order valence-electron chi connectivity index (χ0n) is 8.38. The number of unbranched alkanes of at least 4 members (excludes halogenated alkanes) is 1. The molecular formula is C11H16N2. The Morgan fingerprint density at radius 2 is 1.92 bits per heavy atom. The van der Waals surface area contributed by atoms with Crippen LogP contribution in [0.5, 0.6) is 0 Å². The first-order chi connectivity index (χ1) is 6.28. The van der Waals surface area contributed by atoms with Gasteiger partial charge in [0, 0.05) is 0 Å². The third-order valence-corrected chi connectivity index (χ3v) is 2.10. The predicted molar refractivity (Wildman–Crippen MR) is 52.6 cm³/mol. The van der Waals surface area contributed by atoms with Gasteiger partial charge >= 0.3 is 0 Å². The van der Waals surface area contributed by atoms with Crippen molar-refractivity contribution in [1.82, 2.24) is 0 Å². The van der Waals surface area contributed by atoms with Crippen LogP contribution in [0.1, 0.15) is 39.5 Å². The molecule has 1 unspecified atom stereocenters. The van der Waals surface area contributed by atoms with Crippen molar-refractivity contribution in [1.29, 1.82) is 10.5 Å². The maximum atomic E-state index is 8.56. The fraction of sp³-hybridized carbons (Fsp3) is 0.636. The van der Waals surface area contributed by atoms with E-state index in [9.17, 15) is 0 Å². The van der Waals surface area contributed by atoms with Crippen LogP contribution in [0.4, 0.5) is 0 Å². The van der Waals surface area contributed by atoms with E-state index in [0.717, 1.165) is 12.8 Å². The second kappa shape index (κ2) is 7.37. The molecule has 0 aliphatic heterocycles. The highest BCUT2D eigenvalue weighted by Gasteiger charge is 2.03. The van der Waals surface area contributed by atoms with Gasteiger partial charge < -0.3 is 0 Å². The normalized spacial score (nSPS) is 11.1. The van der Waals surface area contributed by atoms with Gasteiger partial charge in [-0.1, -0.05) is 32.8 Å². The standard InChI is InChI=1S/C11H16N2/c1-3-5-6-10(4-2)7-11(8-12)9-13/h7,10H,3-6H2,1-2H3. The summed E-state index contributed by atoms with van der Waals surface area (Å²) in [7, 11) is 0. The van der Waals surface area contributed by atoms with E-state index in [2.05, 4.69) is 13.8 Å². The lowest BCUT2D eigenvalue weighted by Gasteiger charge is -2.07. The van der Waals surface area contributed by atoms with Gasteiger partial charge in [0.2, 0.25) is 0 Å². The second-order valence-electron chi connectivity index (χ2n) is 3.11. The van der Waals surface area contributed by atoms with Crippen molar-refractivity contribution in [3.63, 3.8) is 0 Å². The summed E-state index contributed by atoms with van der Waals surface area (Å²) in [5.74, 6) is 0.397. The van der Waals surface area contributed by atoms with Gasteiger partial charge in [-0.25, -0.2) is 0 Å². The Balaban J connectivity index is 4.19. The molecule has 0 aromatic rings. The zero-order valence-corrected chi connectivity index (χ0v) is 8.38. The van der Waals surface area contributed by atoms with Gasteiger partial charge in [0.25, 0.3) is 0 Å². The van der Waals surface area contributed by atoms with Gasteiger partial charge in [0.05, 0.1) is 0 Å². The third kappa shape index (κ3) is 5.04. The largest absolute Gasteiger partial charge is 0.192 e. The van der Waals surface area contributed by atoms with Crippen molar-refractivity contribution in [2.75, 3.05) is 0 Å². The molecule has 0 rings (SSSR count). The maximum Gasteiger partial charge on any atom is 0.125 e. The van der Waals surface area contributed by atoms with E-state index in [1.54, 1.807) is 6.08 Å². The van der Waals surface area contributed by atoms with Crippen LogP contribution < -0.4 is 0 Å². The summed E-state index contributed by atoms with van der Waals surface area (Å²) in [5, 5.41) is 17.1. The van der Waals surface area contributed by atoms with Crippen molar-refractivity contribution >= 4 is 0 Å². The quantitative estimate of drug-likeness (QED) is 0.604. The fourth-order valence-corrected chi connectivity index (χ4v) is 1.21. The number of hydrogen-bond donors (Lipinski definition) is 0. The molecule has 0 amide bonds. The summed E-state index contributed by atoms with van der Waals surface area (Å²) in [6.07, 6.45) is 6.22. The first kappa shape index (κ1) is 11.7.